The van der Waals surface area contributed by atoms with Crippen LogP contribution in [-0.2, 0) is 4.79 Å². The number of halogens is 1. The fraction of sp³-hybridized carbons (Fsp3) is 0.519. The van der Waals surface area contributed by atoms with Crippen molar-refractivity contribution in [3.05, 3.63) is 52.5 Å². The van der Waals surface area contributed by atoms with Crippen molar-refractivity contribution in [3.8, 4) is 5.75 Å². The first-order valence-corrected chi connectivity index (χ1v) is 15.5. The van der Waals surface area contributed by atoms with Gasteiger partial charge in [0.15, 0.2) is 6.61 Å². The molecule has 0 saturated carbocycles. The zero-order chi connectivity index (χ0) is 25.6. The minimum absolute atomic E-state index is 0.0379. The van der Waals surface area contributed by atoms with Gasteiger partial charge in [-0.3, -0.25) is 9.11 Å². The Morgan fingerprint density at radius 3 is 2.31 bits per heavy atom. The summed E-state index contributed by atoms with van der Waals surface area (Å²) in [7, 11) is -3.14. The first kappa shape index (κ1) is 28.2. The summed E-state index contributed by atoms with van der Waals surface area (Å²) in [5.41, 5.74) is 1.76. The third kappa shape index (κ3) is 6.89. The Morgan fingerprint density at radius 2 is 1.77 bits per heavy atom. The van der Waals surface area contributed by atoms with E-state index in [4.69, 9.17) is 21.4 Å². The normalized spacial score (nSPS) is 19.4. The highest BCUT2D eigenvalue weighted by Crippen LogP contribution is 2.63. The van der Waals surface area contributed by atoms with Crippen molar-refractivity contribution in [2.75, 3.05) is 18.6 Å². The molecule has 1 atom stereocenters. The second-order valence-corrected chi connectivity index (χ2v) is 12.9. The second-order valence-electron chi connectivity index (χ2n) is 9.55. The van der Waals surface area contributed by atoms with Crippen LogP contribution in [0.4, 0.5) is 0 Å². The van der Waals surface area contributed by atoms with E-state index in [0.717, 1.165) is 61.0 Å². The molecule has 0 saturated heterocycles. The van der Waals surface area contributed by atoms with E-state index in [-0.39, 0.29) is 11.3 Å². The van der Waals surface area contributed by atoms with Crippen LogP contribution in [0.1, 0.15) is 75.8 Å². The summed E-state index contributed by atoms with van der Waals surface area (Å²) in [5, 5.41) is 9.80. The van der Waals surface area contributed by atoms with Gasteiger partial charge in [0.2, 0.25) is 0 Å². The molecule has 0 aliphatic carbocycles. The van der Waals surface area contributed by atoms with Crippen molar-refractivity contribution in [1.82, 2.24) is 0 Å². The molecule has 194 valence electrons. The molecule has 0 fully saturated rings. The average Bonchev–Trinajstić information content (AvgIpc) is 2.92. The van der Waals surface area contributed by atoms with Crippen molar-refractivity contribution in [3.63, 3.8) is 0 Å². The molecule has 0 spiro atoms. The lowest BCUT2D eigenvalue weighted by Crippen LogP contribution is -2.29. The van der Waals surface area contributed by atoms with Crippen LogP contribution >= 0.6 is 34.0 Å². The first-order chi connectivity index (χ1) is 16.6. The number of rotatable bonds is 11. The molecule has 3 N–H and O–H groups in total. The number of hydrogen-bond donors (Lipinski definition) is 3. The molecular formula is C27H37ClO5S2. The Labute approximate surface area is 220 Å². The molecule has 0 amide bonds. The van der Waals surface area contributed by atoms with E-state index in [2.05, 4.69) is 13.8 Å². The lowest BCUT2D eigenvalue weighted by atomic mass is 9.70. The van der Waals surface area contributed by atoms with Crippen LogP contribution in [0, 0.1) is 5.41 Å². The van der Waals surface area contributed by atoms with Crippen molar-refractivity contribution in [2.24, 2.45) is 5.41 Å². The summed E-state index contributed by atoms with van der Waals surface area (Å²) < 4.78 is 28.9. The predicted molar refractivity (Wildman–Crippen MR) is 147 cm³/mol. The van der Waals surface area contributed by atoms with Gasteiger partial charge in [-0.25, -0.2) is 4.79 Å². The lowest BCUT2D eigenvalue weighted by Gasteiger charge is -2.42. The van der Waals surface area contributed by atoms with E-state index in [1.54, 1.807) is 6.07 Å². The molecule has 1 aliphatic rings. The van der Waals surface area contributed by atoms with Gasteiger partial charge < -0.3 is 9.84 Å². The van der Waals surface area contributed by atoms with E-state index < -0.39 is 23.2 Å². The van der Waals surface area contributed by atoms with E-state index in [1.165, 1.54) is 11.8 Å². The summed E-state index contributed by atoms with van der Waals surface area (Å²) in [6, 6.07) is 11.5. The summed E-state index contributed by atoms with van der Waals surface area (Å²) in [6.07, 6.45) is 8.78. The van der Waals surface area contributed by atoms with Gasteiger partial charge >= 0.3 is 5.97 Å². The summed E-state index contributed by atoms with van der Waals surface area (Å²) in [4.78, 5) is 12.4. The summed E-state index contributed by atoms with van der Waals surface area (Å²) in [5.74, 6) is -0.420. The minimum Gasteiger partial charge on any atom is -0.481 e. The van der Waals surface area contributed by atoms with Gasteiger partial charge in [-0.15, -0.1) is 11.8 Å². The van der Waals surface area contributed by atoms with Gasteiger partial charge in [0.05, 0.1) is 4.90 Å². The highest BCUT2D eigenvalue weighted by atomic mass is 35.5. The fourth-order valence-corrected chi connectivity index (χ4v) is 8.18. The molecule has 2 aromatic rings. The zero-order valence-electron chi connectivity index (χ0n) is 20.8. The molecule has 0 aromatic heterocycles. The number of ether oxygens (including phenoxy) is 1. The molecule has 0 bridgehead atoms. The Hall–Kier alpha value is -1.38. The summed E-state index contributed by atoms with van der Waals surface area (Å²) >= 11 is 7.67. The van der Waals surface area contributed by atoms with Crippen LogP contribution in [0.2, 0.25) is 5.02 Å². The van der Waals surface area contributed by atoms with Gasteiger partial charge in [-0.2, -0.15) is 10.6 Å². The van der Waals surface area contributed by atoms with E-state index in [1.807, 2.05) is 36.6 Å². The van der Waals surface area contributed by atoms with Crippen LogP contribution < -0.4 is 4.74 Å². The standard InChI is InChI=1S/C27H37ClO5S2/c1-4-6-12-27(13-7-5-2)16-22(19-8-10-20(28)11-9-19)21-14-24(34-3)23(33-17-26(29)30)15-25(21)35(31,32)18-27/h8-11,14-15,22,31-32H,4-7,12-13,16-18H2,1-3H3,(H,29,30). The van der Waals surface area contributed by atoms with Crippen molar-refractivity contribution < 1.29 is 23.7 Å². The third-order valence-electron chi connectivity index (χ3n) is 6.91. The van der Waals surface area contributed by atoms with Gasteiger partial charge in [-0.1, -0.05) is 63.3 Å². The Kier molecular flexibility index (Phi) is 9.86. The van der Waals surface area contributed by atoms with Gasteiger partial charge in [-0.05, 0) is 60.3 Å². The smallest absolute Gasteiger partial charge is 0.341 e. The molecule has 35 heavy (non-hydrogen) atoms. The van der Waals surface area contributed by atoms with E-state index >= 15 is 0 Å². The number of fused-ring (bicyclic) bond motifs is 1. The maximum Gasteiger partial charge on any atom is 0.341 e. The fourth-order valence-electron chi connectivity index (χ4n) is 5.20. The van der Waals surface area contributed by atoms with Crippen LogP contribution in [0.5, 0.6) is 5.75 Å². The number of benzene rings is 2. The number of hydrogen-bond acceptors (Lipinski definition) is 5. The highest BCUT2D eigenvalue weighted by molar-refractivity contribution is 8.24. The van der Waals surface area contributed by atoms with Crippen LogP contribution in [0.25, 0.3) is 0 Å². The first-order valence-electron chi connectivity index (χ1n) is 12.2. The second kappa shape index (κ2) is 12.2. The largest absolute Gasteiger partial charge is 0.481 e. The number of unbranched alkanes of at least 4 members (excludes halogenated alkanes) is 2. The maximum atomic E-state index is 11.7. The molecule has 5 nitrogen and oxygen atoms in total. The van der Waals surface area contributed by atoms with E-state index in [9.17, 15) is 13.9 Å². The molecule has 1 aliphatic heterocycles. The lowest BCUT2D eigenvalue weighted by molar-refractivity contribution is -0.139. The Balaban J connectivity index is 2.22. The Bertz CT molecular complexity index is 1000. The molecule has 8 heteroatoms. The van der Waals surface area contributed by atoms with Gasteiger partial charge in [0.1, 0.15) is 5.75 Å². The molecule has 0 radical (unpaired) electrons. The van der Waals surface area contributed by atoms with Crippen LogP contribution in [0.15, 0.2) is 46.2 Å². The number of carbonyl (C=O) groups is 1. The van der Waals surface area contributed by atoms with Crippen LogP contribution in [-0.4, -0.2) is 38.8 Å². The molecule has 1 unspecified atom stereocenters. The number of aliphatic carboxylic acids is 1. The Morgan fingerprint density at radius 1 is 1.14 bits per heavy atom. The number of carboxylic acids is 1. The third-order valence-corrected chi connectivity index (χ3v) is 10.00. The SMILES string of the molecule is CCCCC1(CCCC)CC(c2ccc(Cl)cc2)c2cc(SC)c(OCC(=O)O)cc2S(O)(O)C1. The van der Waals surface area contributed by atoms with Gasteiger partial charge in [0.25, 0.3) is 0 Å². The topological polar surface area (TPSA) is 87.0 Å². The van der Waals surface area contributed by atoms with Gasteiger partial charge in [0, 0.05) is 27.7 Å². The van der Waals surface area contributed by atoms with Crippen LogP contribution in [0.3, 0.4) is 0 Å². The molecule has 2 aromatic carbocycles. The highest BCUT2D eigenvalue weighted by Gasteiger charge is 2.43. The van der Waals surface area contributed by atoms with Crippen molar-refractivity contribution >= 4 is 39.9 Å². The predicted octanol–water partition coefficient (Wildman–Crippen LogP) is 8.54. The zero-order valence-corrected chi connectivity index (χ0v) is 23.1. The average molecular weight is 541 g/mol. The summed E-state index contributed by atoms with van der Waals surface area (Å²) in [6.45, 7) is 3.86. The minimum atomic E-state index is -3.14. The van der Waals surface area contributed by atoms with Crippen molar-refractivity contribution in [1.29, 1.82) is 0 Å². The monoisotopic (exact) mass is 540 g/mol. The number of carboxylic acid groups (broad SMARTS) is 1. The molecule has 3 rings (SSSR count). The molecular weight excluding hydrogens is 504 g/mol. The van der Waals surface area contributed by atoms with Crippen molar-refractivity contribution in [2.45, 2.75) is 74.5 Å². The number of thioether (sulfide) groups is 1. The van der Waals surface area contributed by atoms with E-state index in [0.29, 0.717) is 21.4 Å². The quantitative estimate of drug-likeness (QED) is 0.247. The molecule has 1 heterocycles. The maximum absolute atomic E-state index is 11.7.